The van der Waals surface area contributed by atoms with Crippen molar-refractivity contribution in [2.75, 3.05) is 31.7 Å². The number of aromatic nitrogens is 3. The number of nitrogens with one attached hydrogen (secondary N) is 1. The molecule has 2 saturated carbocycles. The van der Waals surface area contributed by atoms with E-state index in [9.17, 15) is 14.0 Å². The standard InChI is InChI=1S/C37H50FN5O5/c1-24(2)43-22-31(19-41-43)30-15-16-39-35(18-30)42(21-26-5-7-27(8-6-26)29-11-14-34(47-4)25(3)17-29)36(45)28-9-12-33(13-10-28)48-37(46)40-20-32(38)23-44/h11,14-19,22,24,26-28,32-33,44H,5-10,12-13,20-21,23H2,1-4H3,(H,40,46)/t26?,27?,28?,32-,33?/m0/s1. The van der Waals surface area contributed by atoms with Crippen molar-refractivity contribution in [3.8, 4) is 16.9 Å². The predicted molar refractivity (Wildman–Crippen MR) is 183 cm³/mol. The molecule has 11 heteroatoms. The van der Waals surface area contributed by atoms with Gasteiger partial charge in [-0.05, 0) is 119 Å². The fraction of sp³-hybridized carbons (Fsp3) is 0.568. The number of anilines is 1. The van der Waals surface area contributed by atoms with Gasteiger partial charge in [-0.2, -0.15) is 5.10 Å². The molecule has 2 aromatic heterocycles. The number of methoxy groups -OCH3 is 1. The van der Waals surface area contributed by atoms with Crippen molar-refractivity contribution < 1.29 is 28.6 Å². The van der Waals surface area contributed by atoms with Crippen molar-refractivity contribution >= 4 is 17.8 Å². The van der Waals surface area contributed by atoms with E-state index in [1.165, 1.54) is 5.56 Å². The highest BCUT2D eigenvalue weighted by Crippen LogP contribution is 2.39. The summed E-state index contributed by atoms with van der Waals surface area (Å²) in [5.74, 6) is 2.22. The van der Waals surface area contributed by atoms with Crippen LogP contribution >= 0.6 is 0 Å². The lowest BCUT2D eigenvalue weighted by Gasteiger charge is -2.35. The maximum Gasteiger partial charge on any atom is 0.407 e. The molecule has 10 nitrogen and oxygen atoms in total. The average molecular weight is 664 g/mol. The molecule has 5 rings (SSSR count). The molecule has 260 valence electrons. The van der Waals surface area contributed by atoms with Crippen LogP contribution in [0, 0.1) is 18.8 Å². The van der Waals surface area contributed by atoms with E-state index in [1.54, 1.807) is 13.3 Å². The highest BCUT2D eigenvalue weighted by Gasteiger charge is 2.34. The number of nitrogens with zero attached hydrogens (tertiary/aromatic N) is 4. The zero-order valence-electron chi connectivity index (χ0n) is 28.6. The summed E-state index contributed by atoms with van der Waals surface area (Å²) < 4.78 is 26.2. The summed E-state index contributed by atoms with van der Waals surface area (Å²) in [6, 6.07) is 10.7. The molecule has 1 aromatic carbocycles. The first-order valence-corrected chi connectivity index (χ1v) is 17.3. The van der Waals surface area contributed by atoms with E-state index < -0.39 is 18.9 Å². The molecule has 0 bridgehead atoms. The number of hydrogen-bond acceptors (Lipinski definition) is 7. The predicted octanol–water partition coefficient (Wildman–Crippen LogP) is 6.77. The van der Waals surface area contributed by atoms with Gasteiger partial charge in [0, 0.05) is 36.5 Å². The zero-order chi connectivity index (χ0) is 34.2. The first-order chi connectivity index (χ1) is 23.1. The number of alkyl halides is 1. The van der Waals surface area contributed by atoms with Gasteiger partial charge in [-0.3, -0.25) is 14.4 Å². The first-order valence-electron chi connectivity index (χ1n) is 17.3. The van der Waals surface area contributed by atoms with Crippen molar-refractivity contribution in [2.45, 2.75) is 96.4 Å². The second kappa shape index (κ2) is 16.4. The first kappa shape index (κ1) is 35.3. The molecular formula is C37H50FN5O5. The van der Waals surface area contributed by atoms with E-state index in [1.807, 2.05) is 34.1 Å². The molecule has 2 heterocycles. The number of carbonyl (C=O) groups is 2. The third-order valence-corrected chi connectivity index (χ3v) is 9.89. The van der Waals surface area contributed by atoms with E-state index in [4.69, 9.17) is 19.6 Å². The molecule has 2 aliphatic carbocycles. The van der Waals surface area contributed by atoms with Crippen LogP contribution in [0.15, 0.2) is 48.9 Å². The smallest absolute Gasteiger partial charge is 0.407 e. The third kappa shape index (κ3) is 8.92. The lowest BCUT2D eigenvalue weighted by Crippen LogP contribution is -2.43. The maximum atomic E-state index is 14.3. The number of pyridine rings is 1. The highest BCUT2D eigenvalue weighted by atomic mass is 19.1. The van der Waals surface area contributed by atoms with Gasteiger partial charge in [0.15, 0.2) is 0 Å². The quantitative estimate of drug-likeness (QED) is 0.220. The molecule has 0 saturated heterocycles. The second-order valence-electron chi connectivity index (χ2n) is 13.6. The Morgan fingerprint density at radius 3 is 2.46 bits per heavy atom. The number of aliphatic hydroxyl groups excluding tert-OH is 1. The minimum Gasteiger partial charge on any atom is -0.496 e. The summed E-state index contributed by atoms with van der Waals surface area (Å²) in [5.41, 5.74) is 4.43. The third-order valence-electron chi connectivity index (χ3n) is 9.89. The second-order valence-corrected chi connectivity index (χ2v) is 13.6. The van der Waals surface area contributed by atoms with Crippen molar-refractivity contribution in [1.29, 1.82) is 0 Å². The molecule has 2 aliphatic rings. The van der Waals surface area contributed by atoms with Gasteiger partial charge in [-0.1, -0.05) is 12.1 Å². The van der Waals surface area contributed by atoms with Gasteiger partial charge >= 0.3 is 6.09 Å². The minimum atomic E-state index is -1.53. The number of alkyl carbamates (subject to hydrolysis) is 1. The van der Waals surface area contributed by atoms with E-state index in [2.05, 4.69) is 49.4 Å². The Hall–Kier alpha value is -3.99. The van der Waals surface area contributed by atoms with Crippen LogP contribution in [0.25, 0.3) is 11.1 Å². The summed E-state index contributed by atoms with van der Waals surface area (Å²) in [6.45, 7) is 5.89. The molecule has 3 aromatic rings. The number of aliphatic hydroxyl groups is 1. The number of aryl methyl sites for hydroxylation is 1. The molecule has 1 atom stereocenters. The summed E-state index contributed by atoms with van der Waals surface area (Å²) >= 11 is 0. The number of halogens is 1. The number of benzene rings is 1. The van der Waals surface area contributed by atoms with Gasteiger partial charge in [0.25, 0.3) is 0 Å². The molecule has 0 spiro atoms. The monoisotopic (exact) mass is 663 g/mol. The van der Waals surface area contributed by atoms with Gasteiger partial charge in [-0.15, -0.1) is 0 Å². The zero-order valence-corrected chi connectivity index (χ0v) is 28.6. The van der Waals surface area contributed by atoms with E-state index in [0.29, 0.717) is 49.9 Å². The Kier molecular flexibility index (Phi) is 12.1. The molecular weight excluding hydrogens is 613 g/mol. The van der Waals surface area contributed by atoms with E-state index >= 15 is 0 Å². The molecule has 48 heavy (non-hydrogen) atoms. The molecule has 0 aliphatic heterocycles. The topological polar surface area (TPSA) is 119 Å². The lowest BCUT2D eigenvalue weighted by atomic mass is 9.78. The SMILES string of the molecule is COc1ccc(C2CCC(CN(C(=O)C3CCC(OC(=O)NC[C@H](F)CO)CC3)c3cc(-c4cnn(C(C)C)c4)ccn3)CC2)cc1C. The minimum absolute atomic E-state index is 0.0524. The van der Waals surface area contributed by atoms with Gasteiger partial charge in [-0.25, -0.2) is 14.2 Å². The van der Waals surface area contributed by atoms with E-state index in [-0.39, 0.29) is 30.5 Å². The van der Waals surface area contributed by atoms with Crippen molar-refractivity contribution in [2.24, 2.45) is 11.8 Å². The van der Waals surface area contributed by atoms with Gasteiger partial charge in [0.05, 0.1) is 26.5 Å². The van der Waals surface area contributed by atoms with Crippen LogP contribution in [0.4, 0.5) is 15.0 Å². The Bertz CT molecular complexity index is 1510. The fourth-order valence-electron chi connectivity index (χ4n) is 7.00. The van der Waals surface area contributed by atoms with Gasteiger partial charge < -0.3 is 19.9 Å². The molecule has 0 unspecified atom stereocenters. The van der Waals surface area contributed by atoms with Crippen molar-refractivity contribution in [3.05, 3.63) is 60.0 Å². The van der Waals surface area contributed by atoms with Crippen LogP contribution in [0.1, 0.15) is 88.3 Å². The number of rotatable bonds is 12. The number of carbonyl (C=O) groups excluding carboxylic acids is 2. The Morgan fingerprint density at radius 1 is 1.06 bits per heavy atom. The fourth-order valence-corrected chi connectivity index (χ4v) is 7.00. The summed E-state index contributed by atoms with van der Waals surface area (Å²) in [4.78, 5) is 33.1. The summed E-state index contributed by atoms with van der Waals surface area (Å²) in [7, 11) is 1.70. The Labute approximate surface area is 283 Å². The highest BCUT2D eigenvalue weighted by molar-refractivity contribution is 5.94. The largest absolute Gasteiger partial charge is 0.496 e. The maximum absolute atomic E-state index is 14.3. The summed E-state index contributed by atoms with van der Waals surface area (Å²) in [5, 5.41) is 15.7. The van der Waals surface area contributed by atoms with E-state index in [0.717, 1.165) is 48.1 Å². The molecule has 2 fully saturated rings. The number of amides is 2. The van der Waals surface area contributed by atoms with Gasteiger partial charge in [0.1, 0.15) is 23.8 Å². The molecule has 0 radical (unpaired) electrons. The van der Waals surface area contributed by atoms with Gasteiger partial charge in [0.2, 0.25) is 5.91 Å². The summed E-state index contributed by atoms with van der Waals surface area (Å²) in [6.07, 6.45) is 9.48. The van der Waals surface area contributed by atoms with Crippen molar-refractivity contribution in [3.63, 3.8) is 0 Å². The van der Waals surface area contributed by atoms with Crippen LogP contribution in [0.3, 0.4) is 0 Å². The molecule has 2 amide bonds. The Morgan fingerprint density at radius 2 is 1.81 bits per heavy atom. The van der Waals surface area contributed by atoms with Crippen LogP contribution < -0.4 is 15.0 Å². The van der Waals surface area contributed by atoms with Crippen molar-refractivity contribution in [1.82, 2.24) is 20.1 Å². The number of hydrogen-bond donors (Lipinski definition) is 2. The lowest BCUT2D eigenvalue weighted by molar-refractivity contribution is -0.124. The van der Waals surface area contributed by atoms with Crippen LogP contribution in [0.2, 0.25) is 0 Å². The van der Waals surface area contributed by atoms with Crippen LogP contribution in [-0.4, -0.2) is 71.0 Å². The Balaban J connectivity index is 1.28. The molecule has 2 N–H and O–H groups in total. The average Bonchev–Trinajstić information content (AvgIpc) is 3.61. The van der Waals surface area contributed by atoms with Crippen LogP contribution in [0.5, 0.6) is 5.75 Å². The van der Waals surface area contributed by atoms with Crippen LogP contribution in [-0.2, 0) is 9.53 Å². The number of ether oxygens (including phenoxy) is 2. The normalized spacial score (nSPS) is 21.8.